The molecule has 0 aliphatic carbocycles. The van der Waals surface area contributed by atoms with Gasteiger partial charge in [0.25, 0.3) is 0 Å². The number of rotatable bonds is 4. The number of nitrogens with one attached hydrogen (secondary N) is 3. The van der Waals surface area contributed by atoms with Crippen LogP contribution >= 0.6 is 0 Å². The van der Waals surface area contributed by atoms with E-state index in [4.69, 9.17) is 5.11 Å². The SMILES string of the molecule is O=C(O)N1CC=C(c2cc3c(Nc4cccc(-c5ncc[nH]5)c4)ncnc3[nH]2)CC1. The van der Waals surface area contributed by atoms with Crippen LogP contribution in [0.1, 0.15) is 12.1 Å². The number of H-pyrrole nitrogens is 2. The fourth-order valence-electron chi connectivity index (χ4n) is 3.60. The van der Waals surface area contributed by atoms with Gasteiger partial charge in [-0.15, -0.1) is 0 Å². The molecule has 9 heteroatoms. The smallest absolute Gasteiger partial charge is 0.407 e. The average Bonchev–Trinajstić information content (AvgIpc) is 3.45. The second-order valence-corrected chi connectivity index (χ2v) is 7.02. The Morgan fingerprint density at radius 3 is 2.90 bits per heavy atom. The summed E-state index contributed by atoms with van der Waals surface area (Å²) in [6, 6.07) is 9.94. The minimum atomic E-state index is -0.893. The van der Waals surface area contributed by atoms with Gasteiger partial charge < -0.3 is 25.3 Å². The third kappa shape index (κ3) is 3.37. The van der Waals surface area contributed by atoms with Gasteiger partial charge in [0.1, 0.15) is 23.6 Å². The largest absolute Gasteiger partial charge is 0.465 e. The van der Waals surface area contributed by atoms with E-state index in [0.29, 0.717) is 25.3 Å². The first kappa shape index (κ1) is 17.9. The summed E-state index contributed by atoms with van der Waals surface area (Å²) in [5, 5.41) is 13.4. The van der Waals surface area contributed by atoms with E-state index in [9.17, 15) is 4.79 Å². The molecule has 1 aliphatic rings. The van der Waals surface area contributed by atoms with Gasteiger partial charge in [-0.2, -0.15) is 0 Å². The van der Waals surface area contributed by atoms with Crippen LogP contribution in [0.5, 0.6) is 0 Å². The second-order valence-electron chi connectivity index (χ2n) is 7.02. The quantitative estimate of drug-likeness (QED) is 0.412. The van der Waals surface area contributed by atoms with Crippen molar-refractivity contribution in [1.29, 1.82) is 0 Å². The predicted octanol–water partition coefficient (Wildman–Crippen LogP) is 3.86. The van der Waals surface area contributed by atoms with Gasteiger partial charge in [-0.1, -0.05) is 18.2 Å². The summed E-state index contributed by atoms with van der Waals surface area (Å²) in [6.07, 6.45) is 6.73. The fourth-order valence-corrected chi connectivity index (χ4v) is 3.60. The van der Waals surface area contributed by atoms with Gasteiger partial charge in [0.2, 0.25) is 0 Å². The van der Waals surface area contributed by atoms with E-state index in [-0.39, 0.29) is 0 Å². The van der Waals surface area contributed by atoms with E-state index in [0.717, 1.165) is 39.4 Å². The Labute approximate surface area is 171 Å². The highest BCUT2D eigenvalue weighted by Gasteiger charge is 2.18. The zero-order valence-electron chi connectivity index (χ0n) is 16.0. The van der Waals surface area contributed by atoms with Crippen LogP contribution in [0.2, 0.25) is 0 Å². The third-order valence-electron chi connectivity index (χ3n) is 5.15. The number of carbonyl (C=O) groups is 1. The van der Waals surface area contributed by atoms with Gasteiger partial charge in [-0.25, -0.2) is 19.7 Å². The molecule has 0 unspecified atom stereocenters. The molecule has 0 bridgehead atoms. The van der Waals surface area contributed by atoms with Crippen molar-refractivity contribution in [2.24, 2.45) is 0 Å². The maximum absolute atomic E-state index is 11.1. The Hall–Kier alpha value is -4.14. The van der Waals surface area contributed by atoms with Gasteiger partial charge in [0.15, 0.2) is 0 Å². The standard InChI is InChI=1S/C21H19N7O2/c29-21(30)28-8-4-13(5-9-28)17-11-16-19(24-12-25-20(16)27-17)26-15-3-1-2-14(10-15)18-22-6-7-23-18/h1-4,6-7,10-12H,5,8-9H2,(H,22,23)(H,29,30)(H2,24,25,26,27). The lowest BCUT2D eigenvalue weighted by Gasteiger charge is -2.23. The molecule has 30 heavy (non-hydrogen) atoms. The molecule has 0 fully saturated rings. The summed E-state index contributed by atoms with van der Waals surface area (Å²) >= 11 is 0. The minimum Gasteiger partial charge on any atom is -0.465 e. The fraction of sp³-hybridized carbons (Fsp3) is 0.143. The molecule has 4 N–H and O–H groups in total. The van der Waals surface area contributed by atoms with E-state index in [1.54, 1.807) is 12.4 Å². The van der Waals surface area contributed by atoms with Crippen molar-refractivity contribution in [3.63, 3.8) is 0 Å². The number of hydrogen-bond donors (Lipinski definition) is 4. The topological polar surface area (TPSA) is 123 Å². The van der Waals surface area contributed by atoms with Crippen LogP contribution in [0.4, 0.5) is 16.3 Å². The Bertz CT molecular complexity index is 1240. The number of carboxylic acid groups (broad SMARTS) is 1. The number of aromatic nitrogens is 5. The lowest BCUT2D eigenvalue weighted by Crippen LogP contribution is -2.33. The number of imidazole rings is 1. The molecule has 1 aliphatic heterocycles. The van der Waals surface area contributed by atoms with E-state index < -0.39 is 6.09 Å². The second kappa shape index (κ2) is 7.36. The lowest BCUT2D eigenvalue weighted by molar-refractivity contribution is 0.150. The molecule has 0 saturated heterocycles. The molecule has 9 nitrogen and oxygen atoms in total. The zero-order chi connectivity index (χ0) is 20.5. The highest BCUT2D eigenvalue weighted by molar-refractivity contribution is 5.92. The summed E-state index contributed by atoms with van der Waals surface area (Å²) in [7, 11) is 0. The predicted molar refractivity (Wildman–Crippen MR) is 113 cm³/mol. The van der Waals surface area contributed by atoms with Crippen molar-refractivity contribution in [3.05, 3.63) is 60.8 Å². The molecule has 0 radical (unpaired) electrons. The molecule has 0 spiro atoms. The maximum atomic E-state index is 11.1. The number of anilines is 2. The number of benzene rings is 1. The maximum Gasteiger partial charge on any atom is 0.407 e. The van der Waals surface area contributed by atoms with Crippen LogP contribution in [0, 0.1) is 0 Å². The zero-order valence-corrected chi connectivity index (χ0v) is 16.0. The number of nitrogens with zero attached hydrogens (tertiary/aromatic N) is 4. The molecule has 150 valence electrons. The molecule has 3 aromatic heterocycles. The van der Waals surface area contributed by atoms with Crippen LogP contribution in [0.15, 0.2) is 55.1 Å². The monoisotopic (exact) mass is 401 g/mol. The van der Waals surface area contributed by atoms with Crippen LogP contribution in [0.25, 0.3) is 28.0 Å². The van der Waals surface area contributed by atoms with Crippen molar-refractivity contribution in [3.8, 4) is 11.4 Å². The Kier molecular flexibility index (Phi) is 4.40. The highest BCUT2D eigenvalue weighted by Crippen LogP contribution is 2.30. The molecule has 5 rings (SSSR count). The van der Waals surface area contributed by atoms with Gasteiger partial charge in [-0.3, -0.25) is 0 Å². The molecule has 4 heterocycles. The summed E-state index contributed by atoms with van der Waals surface area (Å²) < 4.78 is 0. The number of aromatic amines is 2. The molecule has 0 saturated carbocycles. The van der Waals surface area contributed by atoms with Crippen LogP contribution in [-0.2, 0) is 0 Å². The van der Waals surface area contributed by atoms with E-state index in [1.165, 1.54) is 11.2 Å². The van der Waals surface area contributed by atoms with Gasteiger partial charge in [0.05, 0.1) is 5.39 Å². The van der Waals surface area contributed by atoms with E-state index >= 15 is 0 Å². The van der Waals surface area contributed by atoms with Gasteiger partial charge >= 0.3 is 6.09 Å². The Balaban J connectivity index is 1.44. The van der Waals surface area contributed by atoms with E-state index in [2.05, 4.69) is 30.2 Å². The first-order valence-electron chi connectivity index (χ1n) is 9.55. The van der Waals surface area contributed by atoms with Crippen molar-refractivity contribution in [1.82, 2.24) is 29.8 Å². The van der Waals surface area contributed by atoms with Crippen molar-refractivity contribution in [2.75, 3.05) is 18.4 Å². The Morgan fingerprint density at radius 1 is 1.20 bits per heavy atom. The normalized spacial score (nSPS) is 14.0. The molecule has 1 aromatic carbocycles. The minimum absolute atomic E-state index is 0.385. The summed E-state index contributed by atoms with van der Waals surface area (Å²) in [5.74, 6) is 1.50. The van der Waals surface area contributed by atoms with Crippen LogP contribution in [0.3, 0.4) is 0 Å². The average molecular weight is 401 g/mol. The molecular formula is C21H19N7O2. The first-order valence-corrected chi connectivity index (χ1v) is 9.55. The van der Waals surface area contributed by atoms with Gasteiger partial charge in [-0.05, 0) is 30.2 Å². The summed E-state index contributed by atoms with van der Waals surface area (Å²) in [4.78, 5) is 32.0. The number of amides is 1. The molecular weight excluding hydrogens is 382 g/mol. The van der Waals surface area contributed by atoms with Crippen molar-refractivity contribution < 1.29 is 9.90 Å². The summed E-state index contributed by atoms with van der Waals surface area (Å²) in [5.41, 5.74) is 4.60. The molecule has 1 amide bonds. The first-order chi connectivity index (χ1) is 14.7. The van der Waals surface area contributed by atoms with Crippen molar-refractivity contribution >= 4 is 34.2 Å². The highest BCUT2D eigenvalue weighted by atomic mass is 16.4. The molecule has 4 aromatic rings. The van der Waals surface area contributed by atoms with E-state index in [1.807, 2.05) is 36.4 Å². The number of fused-ring (bicyclic) bond motifs is 1. The Morgan fingerprint density at radius 2 is 2.13 bits per heavy atom. The van der Waals surface area contributed by atoms with Crippen LogP contribution in [-0.4, -0.2) is 54.1 Å². The van der Waals surface area contributed by atoms with Crippen molar-refractivity contribution in [2.45, 2.75) is 6.42 Å². The third-order valence-corrected chi connectivity index (χ3v) is 5.15. The molecule has 0 atom stereocenters. The lowest BCUT2D eigenvalue weighted by atomic mass is 10.1. The van der Waals surface area contributed by atoms with Gasteiger partial charge in [0, 0.05) is 42.4 Å². The summed E-state index contributed by atoms with van der Waals surface area (Å²) in [6.45, 7) is 0.864. The van der Waals surface area contributed by atoms with Crippen LogP contribution < -0.4 is 5.32 Å². The number of hydrogen-bond acceptors (Lipinski definition) is 5.